The molecule has 0 radical (unpaired) electrons. The minimum Gasteiger partial charge on any atom is -0.490 e. The largest absolute Gasteiger partial charge is 0.490 e. The number of hydrogen-bond donors (Lipinski definition) is 1. The molecule has 1 unspecified atom stereocenters. The summed E-state index contributed by atoms with van der Waals surface area (Å²) in [6.45, 7) is 4.77. The molecule has 0 aliphatic carbocycles. The number of nitrogens with zero attached hydrogens (tertiary/aromatic N) is 2. The second kappa shape index (κ2) is 7.04. The number of nitrogens with two attached hydrogens (primary N) is 1. The Morgan fingerprint density at radius 3 is 2.52 bits per heavy atom. The van der Waals surface area contributed by atoms with Crippen LogP contribution in [0.2, 0.25) is 0 Å². The van der Waals surface area contributed by atoms with E-state index in [1.165, 1.54) is 16.3 Å². The van der Waals surface area contributed by atoms with Crippen molar-refractivity contribution in [2.75, 3.05) is 6.61 Å². The lowest BCUT2D eigenvalue weighted by Gasteiger charge is -2.09. The van der Waals surface area contributed by atoms with Crippen LogP contribution in [0.15, 0.2) is 41.3 Å². The van der Waals surface area contributed by atoms with Gasteiger partial charge in [-0.1, -0.05) is 31.2 Å². The van der Waals surface area contributed by atoms with Crippen LogP contribution >= 0.6 is 0 Å². The zero-order valence-corrected chi connectivity index (χ0v) is 12.5. The second-order valence-corrected chi connectivity index (χ2v) is 5.15. The predicted molar refractivity (Wildman–Crippen MR) is 82.6 cm³/mol. The molecule has 1 aromatic heterocycles. The molecular formula is C16H21N3O2. The maximum Gasteiger partial charge on any atom is 0.270 e. The molecule has 0 spiro atoms. The monoisotopic (exact) mass is 287 g/mol. The van der Waals surface area contributed by atoms with Crippen molar-refractivity contribution in [3.05, 3.63) is 58.0 Å². The van der Waals surface area contributed by atoms with Crippen molar-refractivity contribution >= 4 is 0 Å². The van der Waals surface area contributed by atoms with Crippen LogP contribution in [-0.4, -0.2) is 22.4 Å². The molecule has 0 amide bonds. The second-order valence-electron chi connectivity index (χ2n) is 5.15. The van der Waals surface area contributed by atoms with Gasteiger partial charge in [-0.25, -0.2) is 4.68 Å². The van der Waals surface area contributed by atoms with Crippen molar-refractivity contribution in [3.8, 4) is 5.75 Å². The van der Waals surface area contributed by atoms with E-state index in [1.807, 2.05) is 19.1 Å². The Morgan fingerprint density at radius 1 is 1.29 bits per heavy atom. The zero-order valence-electron chi connectivity index (χ0n) is 12.5. The number of hydrogen-bond acceptors (Lipinski definition) is 4. The molecule has 2 rings (SSSR count). The number of aryl methyl sites for hydroxylation is 1. The molecule has 2 aromatic rings. The number of aromatic nitrogens is 2. The summed E-state index contributed by atoms with van der Waals surface area (Å²) in [5, 5.41) is 4.13. The van der Waals surface area contributed by atoms with Crippen molar-refractivity contribution in [1.29, 1.82) is 0 Å². The maximum atomic E-state index is 12.0. The van der Waals surface area contributed by atoms with E-state index in [4.69, 9.17) is 10.5 Å². The molecular weight excluding hydrogens is 266 g/mol. The van der Waals surface area contributed by atoms with E-state index in [0.29, 0.717) is 18.9 Å². The van der Waals surface area contributed by atoms with Gasteiger partial charge in [0.1, 0.15) is 12.4 Å². The van der Waals surface area contributed by atoms with Gasteiger partial charge in [-0.05, 0) is 24.5 Å². The van der Waals surface area contributed by atoms with E-state index in [0.717, 1.165) is 12.0 Å². The van der Waals surface area contributed by atoms with E-state index >= 15 is 0 Å². The quantitative estimate of drug-likeness (QED) is 0.875. The fourth-order valence-corrected chi connectivity index (χ4v) is 1.90. The standard InChI is InChI=1S/C16H21N3O2/c1-3-13-4-6-14(7-5-13)10-19-16(20)8-15(9-18-19)21-11-12(2)17/h4-9,12H,3,10-11,17H2,1-2H3. The lowest BCUT2D eigenvalue weighted by atomic mass is 10.1. The fraction of sp³-hybridized carbons (Fsp3) is 0.375. The van der Waals surface area contributed by atoms with E-state index in [9.17, 15) is 4.79 Å². The van der Waals surface area contributed by atoms with Crippen molar-refractivity contribution in [3.63, 3.8) is 0 Å². The minimum atomic E-state index is -0.184. The summed E-state index contributed by atoms with van der Waals surface area (Å²) in [5.74, 6) is 0.454. The van der Waals surface area contributed by atoms with Crippen LogP contribution in [-0.2, 0) is 13.0 Å². The molecule has 1 atom stereocenters. The summed E-state index contributed by atoms with van der Waals surface area (Å²) in [6.07, 6.45) is 2.55. The van der Waals surface area contributed by atoms with Gasteiger partial charge in [-0.15, -0.1) is 0 Å². The van der Waals surface area contributed by atoms with Gasteiger partial charge < -0.3 is 10.5 Å². The highest BCUT2D eigenvalue weighted by atomic mass is 16.5. The number of ether oxygens (including phenoxy) is 1. The van der Waals surface area contributed by atoms with Gasteiger partial charge in [0, 0.05) is 12.1 Å². The molecule has 5 heteroatoms. The van der Waals surface area contributed by atoms with Gasteiger partial charge in [-0.2, -0.15) is 5.10 Å². The molecule has 0 bridgehead atoms. The molecule has 5 nitrogen and oxygen atoms in total. The number of benzene rings is 1. The topological polar surface area (TPSA) is 70.1 Å². The van der Waals surface area contributed by atoms with Crippen LogP contribution in [0.25, 0.3) is 0 Å². The van der Waals surface area contributed by atoms with Crippen molar-refractivity contribution in [2.24, 2.45) is 5.73 Å². The summed E-state index contributed by atoms with van der Waals surface area (Å²) in [6, 6.07) is 9.54. The SMILES string of the molecule is CCc1ccc(Cn2ncc(OCC(C)N)cc2=O)cc1. The molecule has 0 aliphatic heterocycles. The first-order valence-electron chi connectivity index (χ1n) is 7.12. The molecule has 0 fully saturated rings. The highest BCUT2D eigenvalue weighted by Crippen LogP contribution is 2.07. The summed E-state index contributed by atoms with van der Waals surface area (Å²) >= 11 is 0. The molecule has 1 aromatic carbocycles. The molecule has 0 aliphatic rings. The van der Waals surface area contributed by atoms with Crippen LogP contribution in [0, 0.1) is 0 Å². The minimum absolute atomic E-state index is 0.0792. The number of rotatable bonds is 6. The highest BCUT2D eigenvalue weighted by Gasteiger charge is 2.03. The first-order valence-corrected chi connectivity index (χ1v) is 7.12. The van der Waals surface area contributed by atoms with Crippen molar-refractivity contribution < 1.29 is 4.74 Å². The van der Waals surface area contributed by atoms with Gasteiger partial charge in [0.05, 0.1) is 12.7 Å². The van der Waals surface area contributed by atoms with Crippen LogP contribution < -0.4 is 16.0 Å². The van der Waals surface area contributed by atoms with E-state index in [2.05, 4.69) is 24.2 Å². The summed E-state index contributed by atoms with van der Waals surface area (Å²) in [4.78, 5) is 12.0. The van der Waals surface area contributed by atoms with Gasteiger partial charge in [0.2, 0.25) is 0 Å². The van der Waals surface area contributed by atoms with Crippen LogP contribution in [0.4, 0.5) is 0 Å². The summed E-state index contributed by atoms with van der Waals surface area (Å²) < 4.78 is 6.80. The Bertz CT molecular complexity index is 633. The smallest absolute Gasteiger partial charge is 0.270 e. The molecule has 112 valence electrons. The summed E-state index contributed by atoms with van der Waals surface area (Å²) in [7, 11) is 0. The van der Waals surface area contributed by atoms with Gasteiger partial charge >= 0.3 is 0 Å². The molecule has 0 saturated carbocycles. The highest BCUT2D eigenvalue weighted by molar-refractivity contribution is 5.23. The molecule has 0 saturated heterocycles. The molecule has 2 N–H and O–H groups in total. The van der Waals surface area contributed by atoms with Crippen LogP contribution in [0.3, 0.4) is 0 Å². The fourth-order valence-electron chi connectivity index (χ4n) is 1.90. The Hall–Kier alpha value is -2.14. The maximum absolute atomic E-state index is 12.0. The molecule has 1 heterocycles. The Kier molecular flexibility index (Phi) is 5.11. The lowest BCUT2D eigenvalue weighted by Crippen LogP contribution is -2.26. The van der Waals surface area contributed by atoms with Crippen LogP contribution in [0.5, 0.6) is 5.75 Å². The summed E-state index contributed by atoms with van der Waals surface area (Å²) in [5.41, 5.74) is 7.75. The van der Waals surface area contributed by atoms with Crippen molar-refractivity contribution in [1.82, 2.24) is 9.78 Å². The van der Waals surface area contributed by atoms with Gasteiger partial charge in [0.25, 0.3) is 5.56 Å². The van der Waals surface area contributed by atoms with E-state index in [-0.39, 0.29) is 11.6 Å². The zero-order chi connectivity index (χ0) is 15.2. The van der Waals surface area contributed by atoms with Crippen molar-refractivity contribution in [2.45, 2.75) is 32.9 Å². The predicted octanol–water partition coefficient (Wildman–Crippen LogP) is 1.58. The third-order valence-electron chi connectivity index (χ3n) is 3.12. The Balaban J connectivity index is 2.08. The Morgan fingerprint density at radius 2 is 1.95 bits per heavy atom. The van der Waals surface area contributed by atoms with E-state index in [1.54, 1.807) is 6.20 Å². The Labute approximate surface area is 124 Å². The normalized spacial score (nSPS) is 12.1. The van der Waals surface area contributed by atoms with Gasteiger partial charge in [-0.3, -0.25) is 4.79 Å². The first kappa shape index (κ1) is 15.3. The average molecular weight is 287 g/mol. The third-order valence-corrected chi connectivity index (χ3v) is 3.12. The van der Waals surface area contributed by atoms with Gasteiger partial charge in [0.15, 0.2) is 0 Å². The lowest BCUT2D eigenvalue weighted by molar-refractivity contribution is 0.293. The molecule has 21 heavy (non-hydrogen) atoms. The third kappa shape index (κ3) is 4.43. The van der Waals surface area contributed by atoms with Crippen LogP contribution in [0.1, 0.15) is 25.0 Å². The first-order chi connectivity index (χ1) is 10.1. The van der Waals surface area contributed by atoms with E-state index < -0.39 is 0 Å². The average Bonchev–Trinajstić information content (AvgIpc) is 2.48.